The van der Waals surface area contributed by atoms with Gasteiger partial charge >= 0.3 is 0 Å². The van der Waals surface area contributed by atoms with Crippen LogP contribution in [0, 0.1) is 5.92 Å². The molecule has 2 N–H and O–H groups in total. The highest BCUT2D eigenvalue weighted by atomic mass is 16.5. The Balaban J connectivity index is 1.78. The summed E-state index contributed by atoms with van der Waals surface area (Å²) in [5, 5.41) is 6.27. The van der Waals surface area contributed by atoms with E-state index in [1.807, 2.05) is 45.0 Å². The van der Waals surface area contributed by atoms with Crippen molar-refractivity contribution < 1.29 is 9.53 Å². The Morgan fingerprint density at radius 3 is 2.62 bits per heavy atom. The Morgan fingerprint density at radius 2 is 2.05 bits per heavy atom. The maximum Gasteiger partial charge on any atom is 0.224 e. The van der Waals surface area contributed by atoms with Gasteiger partial charge in [0.05, 0.1) is 0 Å². The number of anilines is 1. The summed E-state index contributed by atoms with van der Waals surface area (Å²) < 4.78 is 5.76. The third kappa shape index (κ3) is 5.76. The highest BCUT2D eigenvalue weighted by Crippen LogP contribution is 2.21. The van der Waals surface area contributed by atoms with Crippen LogP contribution in [0.1, 0.15) is 40.0 Å². The lowest BCUT2D eigenvalue weighted by atomic mass is 10.0. The monoisotopic (exact) mass is 290 g/mol. The lowest BCUT2D eigenvalue weighted by Crippen LogP contribution is -2.22. The van der Waals surface area contributed by atoms with Crippen molar-refractivity contribution in [3.05, 3.63) is 24.3 Å². The van der Waals surface area contributed by atoms with Gasteiger partial charge in [0.1, 0.15) is 11.4 Å². The molecule has 0 spiro atoms. The molecule has 1 aromatic carbocycles. The number of hydrogen-bond donors (Lipinski definition) is 2. The second kappa shape index (κ2) is 6.94. The summed E-state index contributed by atoms with van der Waals surface area (Å²) in [7, 11) is 0. The Hall–Kier alpha value is -1.55. The Kier molecular flexibility index (Phi) is 5.23. The molecule has 1 aliphatic heterocycles. The van der Waals surface area contributed by atoms with Crippen LogP contribution in [0.15, 0.2) is 24.3 Å². The first-order chi connectivity index (χ1) is 9.92. The van der Waals surface area contributed by atoms with Crippen molar-refractivity contribution >= 4 is 11.6 Å². The van der Waals surface area contributed by atoms with Crippen molar-refractivity contribution in [3.8, 4) is 5.75 Å². The summed E-state index contributed by atoms with van der Waals surface area (Å²) in [5.41, 5.74) is 0.617. The van der Waals surface area contributed by atoms with Crippen LogP contribution in [-0.2, 0) is 4.79 Å². The summed E-state index contributed by atoms with van der Waals surface area (Å²) >= 11 is 0. The average Bonchev–Trinajstić information content (AvgIpc) is 2.90. The molecule has 0 bridgehead atoms. The molecule has 0 aliphatic carbocycles. The fraction of sp³-hybridized carbons (Fsp3) is 0.588. The van der Waals surface area contributed by atoms with E-state index < -0.39 is 0 Å². The van der Waals surface area contributed by atoms with E-state index in [1.165, 1.54) is 6.42 Å². The predicted octanol–water partition coefficient (Wildman–Crippen LogP) is 3.19. The zero-order valence-corrected chi connectivity index (χ0v) is 13.2. The van der Waals surface area contributed by atoms with E-state index in [2.05, 4.69) is 10.6 Å². The second-order valence-corrected chi connectivity index (χ2v) is 6.68. The minimum atomic E-state index is -0.208. The molecule has 1 fully saturated rings. The van der Waals surface area contributed by atoms with Gasteiger partial charge in [-0.3, -0.25) is 4.79 Å². The van der Waals surface area contributed by atoms with E-state index in [0.29, 0.717) is 12.3 Å². The third-order valence-electron chi connectivity index (χ3n) is 3.50. The van der Waals surface area contributed by atoms with Crippen LogP contribution in [0.4, 0.5) is 5.69 Å². The molecule has 4 nitrogen and oxygen atoms in total. The maximum atomic E-state index is 11.9. The number of amides is 1. The van der Waals surface area contributed by atoms with Crippen LogP contribution >= 0.6 is 0 Å². The number of benzene rings is 1. The molecule has 1 atom stereocenters. The van der Waals surface area contributed by atoms with Crippen LogP contribution in [0.5, 0.6) is 5.75 Å². The van der Waals surface area contributed by atoms with Crippen LogP contribution < -0.4 is 15.4 Å². The number of rotatable bonds is 5. The van der Waals surface area contributed by atoms with Gasteiger partial charge in [-0.15, -0.1) is 0 Å². The molecule has 1 aromatic rings. The third-order valence-corrected chi connectivity index (χ3v) is 3.50. The number of nitrogens with one attached hydrogen (secondary N) is 2. The average molecular weight is 290 g/mol. The second-order valence-electron chi connectivity index (χ2n) is 6.68. The van der Waals surface area contributed by atoms with Crippen LogP contribution in [0.25, 0.3) is 0 Å². The molecule has 1 amide bonds. The summed E-state index contributed by atoms with van der Waals surface area (Å²) in [4.78, 5) is 11.9. The Morgan fingerprint density at radius 1 is 1.33 bits per heavy atom. The standard InChI is InChI=1S/C17H26N2O2/c1-17(2,3)21-15-7-5-14(6-8-15)19-16(20)9-4-13-10-11-18-12-13/h5-8,13,18H,4,9-12H2,1-3H3,(H,19,20). The fourth-order valence-corrected chi connectivity index (χ4v) is 2.48. The molecule has 116 valence electrons. The van der Waals surface area contributed by atoms with Gasteiger partial charge in [-0.25, -0.2) is 0 Å². The summed E-state index contributed by atoms with van der Waals surface area (Å²) in [6.07, 6.45) is 2.74. The highest BCUT2D eigenvalue weighted by Gasteiger charge is 2.16. The van der Waals surface area contributed by atoms with E-state index in [4.69, 9.17) is 4.74 Å². The van der Waals surface area contributed by atoms with E-state index in [1.54, 1.807) is 0 Å². The van der Waals surface area contributed by atoms with Gasteiger partial charge in [0.15, 0.2) is 0 Å². The van der Waals surface area contributed by atoms with Crippen LogP contribution in [0.2, 0.25) is 0 Å². The molecule has 1 saturated heterocycles. The molecule has 4 heteroatoms. The van der Waals surface area contributed by atoms with Crippen LogP contribution in [-0.4, -0.2) is 24.6 Å². The van der Waals surface area contributed by atoms with Gasteiger partial charge in [-0.05, 0) is 76.9 Å². The van der Waals surface area contributed by atoms with Gasteiger partial charge in [0, 0.05) is 12.1 Å². The van der Waals surface area contributed by atoms with Gasteiger partial charge in [0.2, 0.25) is 5.91 Å². The molecule has 1 aliphatic rings. The number of hydrogen-bond acceptors (Lipinski definition) is 3. The first-order valence-electron chi connectivity index (χ1n) is 7.72. The molecule has 0 saturated carbocycles. The van der Waals surface area contributed by atoms with Gasteiger partial charge in [0.25, 0.3) is 0 Å². The first-order valence-corrected chi connectivity index (χ1v) is 7.72. The zero-order chi connectivity index (χ0) is 15.3. The number of carbonyl (C=O) groups excluding carboxylic acids is 1. The Bertz CT molecular complexity index is 457. The van der Waals surface area contributed by atoms with E-state index in [0.717, 1.165) is 30.9 Å². The van der Waals surface area contributed by atoms with Crippen molar-refractivity contribution in [3.63, 3.8) is 0 Å². The fourth-order valence-electron chi connectivity index (χ4n) is 2.48. The number of carbonyl (C=O) groups is 1. The molecule has 0 radical (unpaired) electrons. The summed E-state index contributed by atoms with van der Waals surface area (Å²) in [5.74, 6) is 1.56. The molecular weight excluding hydrogens is 264 g/mol. The lowest BCUT2D eigenvalue weighted by Gasteiger charge is -2.21. The van der Waals surface area contributed by atoms with Crippen molar-refractivity contribution in [1.29, 1.82) is 0 Å². The largest absolute Gasteiger partial charge is 0.488 e. The SMILES string of the molecule is CC(C)(C)Oc1ccc(NC(=O)CCC2CCNC2)cc1. The van der Waals surface area contributed by atoms with Crippen molar-refractivity contribution in [2.45, 2.75) is 45.6 Å². The van der Waals surface area contributed by atoms with E-state index in [-0.39, 0.29) is 11.5 Å². The summed E-state index contributed by atoms with van der Waals surface area (Å²) in [6, 6.07) is 7.55. The molecule has 1 heterocycles. The Labute approximate surface area is 127 Å². The van der Waals surface area contributed by atoms with E-state index >= 15 is 0 Å². The molecule has 21 heavy (non-hydrogen) atoms. The van der Waals surface area contributed by atoms with Gasteiger partial charge in [-0.2, -0.15) is 0 Å². The first kappa shape index (κ1) is 15.8. The van der Waals surface area contributed by atoms with Crippen LogP contribution in [0.3, 0.4) is 0 Å². The summed E-state index contributed by atoms with van der Waals surface area (Å²) in [6.45, 7) is 8.18. The lowest BCUT2D eigenvalue weighted by molar-refractivity contribution is -0.116. The minimum absolute atomic E-state index is 0.0892. The van der Waals surface area contributed by atoms with Gasteiger partial charge in [-0.1, -0.05) is 0 Å². The van der Waals surface area contributed by atoms with Gasteiger partial charge < -0.3 is 15.4 Å². The van der Waals surface area contributed by atoms with Crippen molar-refractivity contribution in [2.75, 3.05) is 18.4 Å². The normalized spacial score (nSPS) is 18.5. The predicted molar refractivity (Wildman–Crippen MR) is 85.7 cm³/mol. The number of ether oxygens (including phenoxy) is 1. The topological polar surface area (TPSA) is 50.4 Å². The van der Waals surface area contributed by atoms with Crippen molar-refractivity contribution in [2.24, 2.45) is 5.92 Å². The minimum Gasteiger partial charge on any atom is -0.488 e. The smallest absolute Gasteiger partial charge is 0.224 e. The molecule has 2 rings (SSSR count). The molecular formula is C17H26N2O2. The molecule has 1 unspecified atom stereocenters. The van der Waals surface area contributed by atoms with E-state index in [9.17, 15) is 4.79 Å². The molecule has 0 aromatic heterocycles. The highest BCUT2D eigenvalue weighted by molar-refractivity contribution is 5.90. The maximum absolute atomic E-state index is 11.9. The van der Waals surface area contributed by atoms with Crippen molar-refractivity contribution in [1.82, 2.24) is 5.32 Å². The zero-order valence-electron chi connectivity index (χ0n) is 13.2. The quantitative estimate of drug-likeness (QED) is 0.875.